The van der Waals surface area contributed by atoms with Gasteiger partial charge in [-0.2, -0.15) is 0 Å². The van der Waals surface area contributed by atoms with Crippen molar-refractivity contribution >= 4 is 0 Å². The van der Waals surface area contributed by atoms with Crippen LogP contribution in [0.5, 0.6) is 11.5 Å². The van der Waals surface area contributed by atoms with Crippen LogP contribution in [-0.2, 0) is 0 Å². The third-order valence-electron chi connectivity index (χ3n) is 3.43. The molecule has 0 aromatic heterocycles. The number of hydrogen-bond donors (Lipinski definition) is 2. The van der Waals surface area contributed by atoms with Gasteiger partial charge < -0.3 is 10.2 Å². The maximum Gasteiger partial charge on any atom is 0.115 e. The van der Waals surface area contributed by atoms with Crippen molar-refractivity contribution in [1.82, 2.24) is 0 Å². The van der Waals surface area contributed by atoms with Crippen molar-refractivity contribution in [3.63, 3.8) is 0 Å². The first-order valence-electron chi connectivity index (χ1n) is 5.82. The Morgan fingerprint density at radius 3 is 1.35 bits per heavy atom. The van der Waals surface area contributed by atoms with Gasteiger partial charge in [0.1, 0.15) is 11.5 Å². The Kier molecular flexibility index (Phi) is 2.29. The number of phenols is 2. The highest BCUT2D eigenvalue weighted by Crippen LogP contribution is 2.54. The Labute approximate surface area is 100 Å². The van der Waals surface area contributed by atoms with Crippen LogP contribution in [0.3, 0.4) is 0 Å². The summed E-state index contributed by atoms with van der Waals surface area (Å²) in [6.07, 6.45) is 1.15. The number of benzene rings is 2. The summed E-state index contributed by atoms with van der Waals surface area (Å²) in [5.41, 5.74) is 2.56. The molecule has 0 heterocycles. The van der Waals surface area contributed by atoms with Crippen LogP contribution in [0.25, 0.3) is 0 Å². The van der Waals surface area contributed by atoms with Crippen LogP contribution in [0.1, 0.15) is 29.4 Å². The van der Waals surface area contributed by atoms with Crippen LogP contribution in [0.4, 0.5) is 0 Å². The van der Waals surface area contributed by atoms with Crippen LogP contribution >= 0.6 is 0 Å². The highest BCUT2D eigenvalue weighted by molar-refractivity contribution is 5.39. The normalized spacial score (nSPS) is 22.4. The van der Waals surface area contributed by atoms with Gasteiger partial charge in [0.15, 0.2) is 0 Å². The SMILES string of the molecule is Oc1ccc([C@@H]2C[C@H]2c2ccc(O)cc2)cc1. The predicted molar refractivity (Wildman–Crippen MR) is 66.3 cm³/mol. The predicted octanol–water partition coefficient (Wildman–Crippen LogP) is 3.37. The monoisotopic (exact) mass is 226 g/mol. The summed E-state index contributed by atoms with van der Waals surface area (Å²) in [4.78, 5) is 0. The molecular formula is C15H14O2. The van der Waals surface area contributed by atoms with Crippen molar-refractivity contribution in [2.24, 2.45) is 0 Å². The lowest BCUT2D eigenvalue weighted by molar-refractivity contribution is 0.474. The van der Waals surface area contributed by atoms with Gasteiger partial charge in [0, 0.05) is 0 Å². The largest absolute Gasteiger partial charge is 0.508 e. The van der Waals surface area contributed by atoms with Crippen molar-refractivity contribution < 1.29 is 10.2 Å². The molecule has 2 heteroatoms. The fourth-order valence-corrected chi connectivity index (χ4v) is 2.37. The molecule has 0 bridgehead atoms. The molecule has 2 N–H and O–H groups in total. The lowest BCUT2D eigenvalue weighted by Gasteiger charge is -2.02. The zero-order valence-electron chi connectivity index (χ0n) is 9.38. The van der Waals surface area contributed by atoms with Crippen LogP contribution < -0.4 is 0 Å². The van der Waals surface area contributed by atoms with Gasteiger partial charge in [-0.25, -0.2) is 0 Å². The number of phenolic OH excluding ortho intramolecular Hbond substituents is 2. The van der Waals surface area contributed by atoms with Crippen LogP contribution in [0.2, 0.25) is 0 Å². The lowest BCUT2D eigenvalue weighted by Crippen LogP contribution is -1.83. The number of aromatic hydroxyl groups is 2. The molecule has 2 aromatic carbocycles. The van der Waals surface area contributed by atoms with Crippen LogP contribution in [0.15, 0.2) is 48.5 Å². The van der Waals surface area contributed by atoms with E-state index in [4.69, 9.17) is 0 Å². The van der Waals surface area contributed by atoms with E-state index in [1.54, 1.807) is 24.3 Å². The molecule has 0 unspecified atom stereocenters. The number of rotatable bonds is 2. The van der Waals surface area contributed by atoms with E-state index in [9.17, 15) is 10.2 Å². The molecule has 1 aliphatic carbocycles. The minimum absolute atomic E-state index is 0.315. The van der Waals surface area contributed by atoms with E-state index >= 15 is 0 Å². The van der Waals surface area contributed by atoms with E-state index in [0.717, 1.165) is 6.42 Å². The highest BCUT2D eigenvalue weighted by Gasteiger charge is 2.39. The van der Waals surface area contributed by atoms with Crippen molar-refractivity contribution in [3.05, 3.63) is 59.7 Å². The Bertz CT molecular complexity index is 464. The maximum absolute atomic E-state index is 9.24. The van der Waals surface area contributed by atoms with Gasteiger partial charge in [0.05, 0.1) is 0 Å². The fourth-order valence-electron chi connectivity index (χ4n) is 2.37. The molecule has 86 valence electrons. The van der Waals surface area contributed by atoms with E-state index in [1.165, 1.54) is 11.1 Å². The summed E-state index contributed by atoms with van der Waals surface area (Å²) in [7, 11) is 0. The van der Waals surface area contributed by atoms with Gasteiger partial charge in [-0.1, -0.05) is 24.3 Å². The molecule has 0 spiro atoms. The van der Waals surface area contributed by atoms with Gasteiger partial charge in [-0.05, 0) is 53.6 Å². The maximum atomic E-state index is 9.24. The van der Waals surface area contributed by atoms with Gasteiger partial charge in [-0.15, -0.1) is 0 Å². The summed E-state index contributed by atoms with van der Waals surface area (Å²) < 4.78 is 0. The second-order valence-corrected chi connectivity index (χ2v) is 4.63. The lowest BCUT2D eigenvalue weighted by atomic mass is 10.0. The van der Waals surface area contributed by atoms with E-state index < -0.39 is 0 Å². The molecule has 1 aliphatic rings. The van der Waals surface area contributed by atoms with E-state index in [2.05, 4.69) is 0 Å². The first kappa shape index (κ1) is 10.2. The molecule has 2 aromatic rings. The molecular weight excluding hydrogens is 212 g/mol. The molecule has 0 aliphatic heterocycles. The Hall–Kier alpha value is -1.96. The van der Waals surface area contributed by atoms with E-state index in [1.807, 2.05) is 24.3 Å². The first-order valence-corrected chi connectivity index (χ1v) is 5.82. The molecule has 1 saturated carbocycles. The van der Waals surface area contributed by atoms with Crippen LogP contribution in [0, 0.1) is 0 Å². The zero-order chi connectivity index (χ0) is 11.8. The van der Waals surface area contributed by atoms with Crippen molar-refractivity contribution in [3.8, 4) is 11.5 Å². The molecule has 1 fully saturated rings. The Morgan fingerprint density at radius 2 is 1.00 bits per heavy atom. The molecule has 3 rings (SSSR count). The fraction of sp³-hybridized carbons (Fsp3) is 0.200. The Balaban J connectivity index is 1.78. The Morgan fingerprint density at radius 1 is 0.647 bits per heavy atom. The van der Waals surface area contributed by atoms with E-state index in [0.29, 0.717) is 23.3 Å². The van der Waals surface area contributed by atoms with E-state index in [-0.39, 0.29) is 0 Å². The summed E-state index contributed by atoms with van der Waals surface area (Å²) in [6, 6.07) is 14.9. The van der Waals surface area contributed by atoms with Gasteiger partial charge in [0.25, 0.3) is 0 Å². The van der Waals surface area contributed by atoms with Gasteiger partial charge in [0.2, 0.25) is 0 Å². The van der Waals surface area contributed by atoms with Gasteiger partial charge in [-0.3, -0.25) is 0 Å². The third kappa shape index (κ3) is 1.98. The molecule has 2 nitrogen and oxygen atoms in total. The molecule has 0 radical (unpaired) electrons. The third-order valence-corrected chi connectivity index (χ3v) is 3.43. The smallest absolute Gasteiger partial charge is 0.115 e. The molecule has 2 atom stereocenters. The summed E-state index contributed by atoms with van der Waals surface area (Å²) in [5, 5.41) is 18.5. The van der Waals surface area contributed by atoms with Crippen molar-refractivity contribution in [2.45, 2.75) is 18.3 Å². The molecule has 0 saturated heterocycles. The summed E-state index contributed by atoms with van der Waals surface area (Å²) in [6.45, 7) is 0. The average Bonchev–Trinajstić information content (AvgIpc) is 3.11. The van der Waals surface area contributed by atoms with Crippen molar-refractivity contribution in [1.29, 1.82) is 0 Å². The zero-order valence-corrected chi connectivity index (χ0v) is 9.38. The first-order chi connectivity index (χ1) is 8.24. The average molecular weight is 226 g/mol. The molecule has 0 amide bonds. The standard InChI is InChI=1S/C15H14O2/c16-12-5-1-10(2-6-12)14-9-15(14)11-3-7-13(17)8-4-11/h1-8,14-17H,9H2/t14-,15-/m0/s1. The number of hydrogen-bond acceptors (Lipinski definition) is 2. The van der Waals surface area contributed by atoms with Gasteiger partial charge >= 0.3 is 0 Å². The summed E-state index contributed by atoms with van der Waals surface area (Å²) in [5.74, 6) is 1.74. The summed E-state index contributed by atoms with van der Waals surface area (Å²) >= 11 is 0. The van der Waals surface area contributed by atoms with Crippen LogP contribution in [-0.4, -0.2) is 10.2 Å². The minimum Gasteiger partial charge on any atom is -0.508 e. The second-order valence-electron chi connectivity index (χ2n) is 4.63. The molecule has 17 heavy (non-hydrogen) atoms. The highest BCUT2D eigenvalue weighted by atomic mass is 16.3. The topological polar surface area (TPSA) is 40.5 Å². The second kappa shape index (κ2) is 3.81. The minimum atomic E-state index is 0.315. The van der Waals surface area contributed by atoms with Crippen molar-refractivity contribution in [2.75, 3.05) is 0 Å². The quantitative estimate of drug-likeness (QED) is 0.824.